The normalized spacial score (nSPS) is 11.0. The molecule has 0 heterocycles. The molecule has 0 aliphatic carbocycles. The molecule has 0 atom stereocenters. The quantitative estimate of drug-likeness (QED) is 0.639. The Balaban J connectivity index is 2.05. The van der Waals surface area contributed by atoms with Crippen LogP contribution < -0.4 is 10.1 Å². The van der Waals surface area contributed by atoms with Gasteiger partial charge in [-0.05, 0) is 63.5 Å². The van der Waals surface area contributed by atoms with Crippen LogP contribution in [0.1, 0.15) is 56.2 Å². The zero-order valence-electron chi connectivity index (χ0n) is 15.5. The van der Waals surface area contributed by atoms with E-state index in [1.807, 2.05) is 37.3 Å². The zero-order valence-corrected chi connectivity index (χ0v) is 17.1. The van der Waals surface area contributed by atoms with E-state index >= 15 is 0 Å². The maximum atomic E-state index is 12.3. The minimum atomic E-state index is -0.156. The van der Waals surface area contributed by atoms with Gasteiger partial charge in [-0.1, -0.05) is 52.0 Å². The predicted molar refractivity (Wildman–Crippen MR) is 108 cm³/mol. The average Bonchev–Trinajstić information content (AvgIpc) is 2.55. The van der Waals surface area contributed by atoms with Gasteiger partial charge in [0.2, 0.25) is 0 Å². The van der Waals surface area contributed by atoms with Crippen LogP contribution in [0.4, 0.5) is 5.69 Å². The fourth-order valence-electron chi connectivity index (χ4n) is 2.65. The highest BCUT2D eigenvalue weighted by Crippen LogP contribution is 2.30. The first kappa shape index (κ1) is 19.5. The topological polar surface area (TPSA) is 38.3 Å². The van der Waals surface area contributed by atoms with Crippen LogP contribution >= 0.6 is 15.9 Å². The summed E-state index contributed by atoms with van der Waals surface area (Å²) in [5.74, 6) is 1.31. The summed E-state index contributed by atoms with van der Waals surface area (Å²) in [6, 6.07) is 12.0. The molecule has 1 amide bonds. The number of amides is 1. The number of rotatable bonds is 6. The molecule has 2 rings (SSSR count). The number of anilines is 1. The molecule has 0 unspecified atom stereocenters. The van der Waals surface area contributed by atoms with Gasteiger partial charge in [-0.2, -0.15) is 0 Å². The second-order valence-electron chi connectivity index (χ2n) is 6.88. The summed E-state index contributed by atoms with van der Waals surface area (Å²) >= 11 is 3.52. The highest BCUT2D eigenvalue weighted by molar-refractivity contribution is 9.10. The SMILES string of the molecule is Cc1cccc(C(C)C)c1NC(=O)COc1ccc(C(C)C)cc1Br. The van der Waals surface area contributed by atoms with E-state index in [4.69, 9.17) is 4.74 Å². The van der Waals surface area contributed by atoms with Crippen molar-refractivity contribution in [2.24, 2.45) is 0 Å². The molecule has 0 spiro atoms. The molecule has 0 bridgehead atoms. The first-order chi connectivity index (χ1) is 11.8. The zero-order chi connectivity index (χ0) is 18.6. The Hall–Kier alpha value is -1.81. The van der Waals surface area contributed by atoms with E-state index in [0.717, 1.165) is 21.3 Å². The number of aryl methyl sites for hydroxylation is 1. The Morgan fingerprint density at radius 3 is 2.44 bits per heavy atom. The number of ether oxygens (including phenoxy) is 1. The fraction of sp³-hybridized carbons (Fsp3) is 0.381. The average molecular weight is 404 g/mol. The fourth-order valence-corrected chi connectivity index (χ4v) is 3.17. The van der Waals surface area contributed by atoms with E-state index in [0.29, 0.717) is 17.6 Å². The number of halogens is 1. The van der Waals surface area contributed by atoms with Gasteiger partial charge < -0.3 is 10.1 Å². The van der Waals surface area contributed by atoms with Gasteiger partial charge in [0.1, 0.15) is 5.75 Å². The van der Waals surface area contributed by atoms with Crippen LogP contribution in [0.2, 0.25) is 0 Å². The molecule has 134 valence electrons. The Morgan fingerprint density at radius 1 is 1.12 bits per heavy atom. The standard InChI is InChI=1S/C21H26BrNO2/c1-13(2)16-9-10-19(18(22)11-16)25-12-20(24)23-21-15(5)7-6-8-17(21)14(3)4/h6-11,13-14H,12H2,1-5H3,(H,23,24). The lowest BCUT2D eigenvalue weighted by molar-refractivity contribution is -0.118. The minimum absolute atomic E-state index is 0.0223. The van der Waals surface area contributed by atoms with Crippen LogP contribution in [0, 0.1) is 6.92 Å². The van der Waals surface area contributed by atoms with Crippen molar-refractivity contribution in [3.8, 4) is 5.75 Å². The van der Waals surface area contributed by atoms with Gasteiger partial charge >= 0.3 is 0 Å². The Bertz CT molecular complexity index is 754. The van der Waals surface area contributed by atoms with Crippen LogP contribution in [-0.4, -0.2) is 12.5 Å². The van der Waals surface area contributed by atoms with Crippen molar-refractivity contribution in [2.75, 3.05) is 11.9 Å². The number of hydrogen-bond acceptors (Lipinski definition) is 2. The van der Waals surface area contributed by atoms with Crippen LogP contribution in [0.25, 0.3) is 0 Å². The Kier molecular flexibility index (Phi) is 6.65. The maximum Gasteiger partial charge on any atom is 0.262 e. The summed E-state index contributed by atoms with van der Waals surface area (Å²) in [6.45, 7) is 10.5. The van der Waals surface area contributed by atoms with Crippen molar-refractivity contribution in [3.63, 3.8) is 0 Å². The van der Waals surface area contributed by atoms with Crippen molar-refractivity contribution in [2.45, 2.75) is 46.5 Å². The third-order valence-corrected chi connectivity index (χ3v) is 4.79. The molecule has 0 saturated heterocycles. The number of carbonyl (C=O) groups is 1. The summed E-state index contributed by atoms with van der Waals surface area (Å²) in [5, 5.41) is 3.00. The smallest absolute Gasteiger partial charge is 0.262 e. The Morgan fingerprint density at radius 2 is 1.84 bits per heavy atom. The summed E-state index contributed by atoms with van der Waals surface area (Å²) in [7, 11) is 0. The maximum absolute atomic E-state index is 12.3. The molecule has 0 aliphatic rings. The van der Waals surface area contributed by atoms with Gasteiger partial charge in [0, 0.05) is 5.69 Å². The predicted octanol–water partition coefficient (Wildman–Crippen LogP) is 6.02. The van der Waals surface area contributed by atoms with Crippen molar-refractivity contribution >= 4 is 27.5 Å². The van der Waals surface area contributed by atoms with E-state index in [1.165, 1.54) is 5.56 Å². The summed E-state index contributed by atoms with van der Waals surface area (Å²) in [5.41, 5.74) is 4.31. The van der Waals surface area contributed by atoms with E-state index < -0.39 is 0 Å². The third kappa shape index (κ3) is 5.08. The van der Waals surface area contributed by atoms with Crippen LogP contribution in [-0.2, 0) is 4.79 Å². The van der Waals surface area contributed by atoms with Crippen LogP contribution in [0.3, 0.4) is 0 Å². The lowest BCUT2D eigenvalue weighted by atomic mass is 9.98. The van der Waals surface area contributed by atoms with Crippen molar-refractivity contribution in [1.29, 1.82) is 0 Å². The van der Waals surface area contributed by atoms with Gasteiger partial charge in [-0.25, -0.2) is 0 Å². The van der Waals surface area contributed by atoms with Gasteiger partial charge in [0.25, 0.3) is 5.91 Å². The van der Waals surface area contributed by atoms with E-state index in [1.54, 1.807) is 0 Å². The molecule has 3 nitrogen and oxygen atoms in total. The summed E-state index contributed by atoms with van der Waals surface area (Å²) < 4.78 is 6.55. The Labute approximate surface area is 158 Å². The van der Waals surface area contributed by atoms with Gasteiger partial charge in [-0.15, -0.1) is 0 Å². The lowest BCUT2D eigenvalue weighted by Crippen LogP contribution is -2.21. The largest absolute Gasteiger partial charge is 0.483 e. The molecule has 2 aromatic carbocycles. The molecule has 4 heteroatoms. The van der Waals surface area contributed by atoms with E-state index in [2.05, 4.69) is 55.0 Å². The molecule has 0 radical (unpaired) electrons. The summed E-state index contributed by atoms with van der Waals surface area (Å²) in [4.78, 5) is 12.3. The van der Waals surface area contributed by atoms with Gasteiger partial charge in [0.15, 0.2) is 6.61 Å². The lowest BCUT2D eigenvalue weighted by Gasteiger charge is -2.17. The monoisotopic (exact) mass is 403 g/mol. The molecule has 0 fully saturated rings. The second-order valence-corrected chi connectivity index (χ2v) is 7.73. The van der Waals surface area contributed by atoms with Crippen molar-refractivity contribution in [3.05, 3.63) is 57.6 Å². The first-order valence-corrected chi connectivity index (χ1v) is 9.40. The minimum Gasteiger partial charge on any atom is -0.483 e. The molecule has 25 heavy (non-hydrogen) atoms. The first-order valence-electron chi connectivity index (χ1n) is 8.61. The molecular formula is C21H26BrNO2. The van der Waals surface area contributed by atoms with Crippen LogP contribution in [0.15, 0.2) is 40.9 Å². The van der Waals surface area contributed by atoms with Crippen molar-refractivity contribution in [1.82, 2.24) is 0 Å². The molecule has 0 aliphatic heterocycles. The molecule has 0 saturated carbocycles. The molecule has 2 aromatic rings. The molecular weight excluding hydrogens is 378 g/mol. The number of nitrogens with one attached hydrogen (secondary N) is 1. The highest BCUT2D eigenvalue weighted by Gasteiger charge is 2.13. The highest BCUT2D eigenvalue weighted by atomic mass is 79.9. The van der Waals surface area contributed by atoms with Gasteiger partial charge in [0.05, 0.1) is 4.47 Å². The van der Waals surface area contributed by atoms with E-state index in [9.17, 15) is 4.79 Å². The molecule has 1 N–H and O–H groups in total. The van der Waals surface area contributed by atoms with Crippen LogP contribution in [0.5, 0.6) is 5.75 Å². The molecule has 0 aromatic heterocycles. The number of para-hydroxylation sites is 1. The van der Waals surface area contributed by atoms with Gasteiger partial charge in [-0.3, -0.25) is 4.79 Å². The van der Waals surface area contributed by atoms with E-state index in [-0.39, 0.29) is 12.5 Å². The van der Waals surface area contributed by atoms with Crippen molar-refractivity contribution < 1.29 is 9.53 Å². The third-order valence-electron chi connectivity index (χ3n) is 4.17. The second kappa shape index (κ2) is 8.52. The summed E-state index contributed by atoms with van der Waals surface area (Å²) in [6.07, 6.45) is 0. The number of hydrogen-bond donors (Lipinski definition) is 1. The number of carbonyl (C=O) groups excluding carboxylic acids is 1. The number of benzene rings is 2.